The van der Waals surface area contributed by atoms with E-state index in [9.17, 15) is 4.79 Å². The van der Waals surface area contributed by atoms with Crippen molar-refractivity contribution in [3.05, 3.63) is 22.2 Å². The van der Waals surface area contributed by atoms with E-state index in [1.807, 2.05) is 0 Å². The number of amides is 1. The van der Waals surface area contributed by atoms with Gasteiger partial charge in [-0.2, -0.15) is 0 Å². The predicted molar refractivity (Wildman–Crippen MR) is 86.0 cm³/mol. The summed E-state index contributed by atoms with van der Waals surface area (Å²) in [7, 11) is 1.72. The van der Waals surface area contributed by atoms with E-state index in [4.69, 9.17) is 33.7 Å². The maximum atomic E-state index is 12.1. The van der Waals surface area contributed by atoms with Crippen molar-refractivity contribution in [1.82, 2.24) is 4.90 Å². The second-order valence-electron chi connectivity index (χ2n) is 5.12. The number of nitrogens with one attached hydrogen (secondary N) is 1. The number of likely N-dealkylation sites (tertiary alicyclic amines) is 1. The summed E-state index contributed by atoms with van der Waals surface area (Å²) >= 11 is 12.1. The molecule has 0 aliphatic carbocycles. The van der Waals surface area contributed by atoms with Crippen molar-refractivity contribution in [2.24, 2.45) is 0 Å². The lowest BCUT2D eigenvalue weighted by molar-refractivity contribution is -0.117. The zero-order valence-corrected chi connectivity index (χ0v) is 13.4. The van der Waals surface area contributed by atoms with Crippen LogP contribution >= 0.6 is 23.2 Å². The SMILES string of the molecule is COC1CCN(CC(=O)Nc2c(Cl)cc(N)cc2Cl)CC1. The van der Waals surface area contributed by atoms with Gasteiger partial charge in [-0.1, -0.05) is 23.2 Å². The van der Waals surface area contributed by atoms with E-state index in [2.05, 4.69) is 10.2 Å². The van der Waals surface area contributed by atoms with Gasteiger partial charge in [-0.25, -0.2) is 0 Å². The number of hydrogen-bond acceptors (Lipinski definition) is 4. The lowest BCUT2D eigenvalue weighted by atomic mass is 10.1. The second-order valence-corrected chi connectivity index (χ2v) is 5.93. The molecule has 5 nitrogen and oxygen atoms in total. The summed E-state index contributed by atoms with van der Waals surface area (Å²) in [6.45, 7) is 2.00. The lowest BCUT2D eigenvalue weighted by Gasteiger charge is -2.30. The molecular formula is C14H19Cl2N3O2. The molecule has 1 aromatic rings. The molecule has 1 aliphatic rings. The Morgan fingerprint density at radius 2 is 1.95 bits per heavy atom. The van der Waals surface area contributed by atoms with Crippen molar-refractivity contribution in [2.45, 2.75) is 18.9 Å². The van der Waals surface area contributed by atoms with Gasteiger partial charge in [0.05, 0.1) is 28.4 Å². The number of nitrogens with two attached hydrogens (primary N) is 1. The van der Waals surface area contributed by atoms with Gasteiger partial charge >= 0.3 is 0 Å². The van der Waals surface area contributed by atoms with Gasteiger partial charge in [0.2, 0.25) is 5.91 Å². The molecule has 0 aromatic heterocycles. The summed E-state index contributed by atoms with van der Waals surface area (Å²) in [5, 5.41) is 3.43. The molecule has 0 spiro atoms. The van der Waals surface area contributed by atoms with E-state index >= 15 is 0 Å². The van der Waals surface area contributed by atoms with E-state index in [1.54, 1.807) is 19.2 Å². The number of hydrogen-bond donors (Lipinski definition) is 2. The number of methoxy groups -OCH3 is 1. The van der Waals surface area contributed by atoms with E-state index in [1.165, 1.54) is 0 Å². The predicted octanol–water partition coefficient (Wildman–Crippen LogP) is 2.62. The van der Waals surface area contributed by atoms with Crippen LogP contribution in [0.3, 0.4) is 0 Å². The van der Waals surface area contributed by atoms with Crippen LogP contribution in [0.1, 0.15) is 12.8 Å². The van der Waals surface area contributed by atoms with Gasteiger partial charge < -0.3 is 15.8 Å². The van der Waals surface area contributed by atoms with E-state index < -0.39 is 0 Å². The van der Waals surface area contributed by atoms with Gasteiger partial charge in [0.25, 0.3) is 0 Å². The Bertz CT molecular complexity index is 494. The zero-order valence-electron chi connectivity index (χ0n) is 11.9. The Morgan fingerprint density at radius 1 is 1.38 bits per heavy atom. The van der Waals surface area contributed by atoms with Crippen LogP contribution in [0.4, 0.5) is 11.4 Å². The first-order valence-electron chi connectivity index (χ1n) is 6.79. The minimum Gasteiger partial charge on any atom is -0.399 e. The Morgan fingerprint density at radius 3 is 2.48 bits per heavy atom. The topological polar surface area (TPSA) is 67.6 Å². The van der Waals surface area contributed by atoms with Gasteiger partial charge in [-0.15, -0.1) is 0 Å². The highest BCUT2D eigenvalue weighted by molar-refractivity contribution is 6.40. The van der Waals surface area contributed by atoms with Gasteiger partial charge in [0.1, 0.15) is 0 Å². The molecule has 2 rings (SSSR count). The van der Waals surface area contributed by atoms with Gasteiger partial charge in [0.15, 0.2) is 0 Å². The average Bonchev–Trinajstić information content (AvgIpc) is 2.43. The Balaban J connectivity index is 1.91. The minimum atomic E-state index is -0.139. The van der Waals surface area contributed by atoms with Crippen LogP contribution in [-0.2, 0) is 9.53 Å². The summed E-state index contributed by atoms with van der Waals surface area (Å²) in [5.74, 6) is -0.139. The number of carbonyl (C=O) groups is 1. The number of ether oxygens (including phenoxy) is 1. The average molecular weight is 332 g/mol. The molecule has 1 fully saturated rings. The quantitative estimate of drug-likeness (QED) is 0.832. The first kappa shape index (κ1) is 16.4. The largest absolute Gasteiger partial charge is 0.399 e. The lowest BCUT2D eigenvalue weighted by Crippen LogP contribution is -2.41. The standard InChI is InChI=1S/C14H19Cl2N3O2/c1-21-10-2-4-19(5-3-10)8-13(20)18-14-11(15)6-9(17)7-12(14)16/h6-7,10H,2-5,8,17H2,1H3,(H,18,20). The first-order chi connectivity index (χ1) is 9.99. The molecule has 1 amide bonds. The van der Waals surface area contributed by atoms with Crippen LogP contribution in [0, 0.1) is 0 Å². The number of carbonyl (C=O) groups excluding carboxylic acids is 1. The Kier molecular flexibility index (Phi) is 5.70. The van der Waals surface area contributed by atoms with Gasteiger partial charge in [-0.05, 0) is 25.0 Å². The number of halogens is 2. The summed E-state index contributed by atoms with van der Waals surface area (Å²) in [6.07, 6.45) is 2.17. The van der Waals surface area contributed by atoms with Gasteiger partial charge in [-0.3, -0.25) is 9.69 Å². The fourth-order valence-electron chi connectivity index (χ4n) is 2.40. The van der Waals surface area contributed by atoms with Crippen LogP contribution in [-0.4, -0.2) is 43.7 Å². The highest BCUT2D eigenvalue weighted by atomic mass is 35.5. The number of benzene rings is 1. The molecule has 0 radical (unpaired) electrons. The Hall–Kier alpha value is -1.01. The molecule has 1 aromatic carbocycles. The highest BCUT2D eigenvalue weighted by Gasteiger charge is 2.21. The fourth-order valence-corrected chi connectivity index (χ4v) is 3.00. The summed E-state index contributed by atoms with van der Waals surface area (Å²) in [4.78, 5) is 14.2. The number of nitrogens with zero attached hydrogens (tertiary/aromatic N) is 1. The third-order valence-corrected chi connectivity index (χ3v) is 4.16. The van der Waals surface area contributed by atoms with Crippen LogP contribution in [0.25, 0.3) is 0 Å². The van der Waals surface area contributed by atoms with Crippen molar-refractivity contribution >= 4 is 40.5 Å². The van der Waals surface area contributed by atoms with Crippen molar-refractivity contribution in [2.75, 3.05) is 37.8 Å². The molecule has 21 heavy (non-hydrogen) atoms. The van der Waals surface area contributed by atoms with Crippen molar-refractivity contribution < 1.29 is 9.53 Å². The summed E-state index contributed by atoms with van der Waals surface area (Å²) in [6, 6.07) is 3.13. The maximum absolute atomic E-state index is 12.1. The Labute approximate surface area is 134 Å². The molecule has 0 bridgehead atoms. The van der Waals surface area contributed by atoms with Crippen LogP contribution in [0.2, 0.25) is 10.0 Å². The monoisotopic (exact) mass is 331 g/mol. The van der Waals surface area contributed by atoms with Gasteiger partial charge in [0, 0.05) is 25.9 Å². The number of nitrogen functional groups attached to an aromatic ring is 1. The highest BCUT2D eigenvalue weighted by Crippen LogP contribution is 2.32. The van der Waals surface area contributed by atoms with E-state index in [-0.39, 0.29) is 5.91 Å². The molecule has 1 saturated heterocycles. The third-order valence-electron chi connectivity index (χ3n) is 3.56. The third kappa shape index (κ3) is 4.48. The van der Waals surface area contributed by atoms with Crippen molar-refractivity contribution in [3.63, 3.8) is 0 Å². The zero-order chi connectivity index (χ0) is 15.4. The molecule has 0 unspecified atom stereocenters. The molecular weight excluding hydrogens is 313 g/mol. The first-order valence-corrected chi connectivity index (χ1v) is 7.54. The van der Waals surface area contributed by atoms with Crippen LogP contribution < -0.4 is 11.1 Å². The number of rotatable bonds is 4. The van der Waals surface area contributed by atoms with Crippen molar-refractivity contribution in [1.29, 1.82) is 0 Å². The molecule has 1 aliphatic heterocycles. The molecule has 116 valence electrons. The molecule has 7 heteroatoms. The summed E-state index contributed by atoms with van der Waals surface area (Å²) < 4.78 is 5.31. The fraction of sp³-hybridized carbons (Fsp3) is 0.500. The maximum Gasteiger partial charge on any atom is 0.238 e. The van der Waals surface area contributed by atoms with Crippen LogP contribution in [0.5, 0.6) is 0 Å². The summed E-state index contributed by atoms with van der Waals surface area (Å²) in [5.41, 5.74) is 6.50. The second kappa shape index (κ2) is 7.31. The molecule has 1 heterocycles. The molecule has 3 N–H and O–H groups in total. The van der Waals surface area contributed by atoms with E-state index in [0.29, 0.717) is 34.1 Å². The smallest absolute Gasteiger partial charge is 0.238 e. The van der Waals surface area contributed by atoms with E-state index in [0.717, 1.165) is 25.9 Å². The van der Waals surface area contributed by atoms with Crippen LogP contribution in [0.15, 0.2) is 12.1 Å². The number of anilines is 2. The molecule has 0 atom stereocenters. The number of piperidine rings is 1. The normalized spacial score (nSPS) is 16.9. The van der Waals surface area contributed by atoms with Crippen molar-refractivity contribution in [3.8, 4) is 0 Å². The minimum absolute atomic E-state index is 0.139. The molecule has 0 saturated carbocycles.